The Hall–Kier alpha value is -3.52. The largest absolute Gasteiger partial charge is 0.507 e. The minimum Gasteiger partial charge on any atom is -0.507 e. The molecule has 0 fully saturated rings. The van der Waals surface area contributed by atoms with E-state index in [4.69, 9.17) is 14.2 Å². The fourth-order valence-electron chi connectivity index (χ4n) is 4.07. The zero-order chi connectivity index (χ0) is 23.5. The van der Waals surface area contributed by atoms with Crippen molar-refractivity contribution in [3.8, 4) is 28.5 Å². The van der Waals surface area contributed by atoms with Gasteiger partial charge in [-0.2, -0.15) is 5.10 Å². The van der Waals surface area contributed by atoms with Gasteiger partial charge in [0.15, 0.2) is 11.5 Å². The predicted octanol–water partition coefficient (Wildman–Crippen LogP) is 4.02. The number of aromatic amines is 1. The molecular weight excluding hydrogens is 422 g/mol. The van der Waals surface area contributed by atoms with Crippen LogP contribution in [0.5, 0.6) is 17.2 Å². The highest BCUT2D eigenvalue weighted by atomic mass is 16.5. The van der Waals surface area contributed by atoms with E-state index >= 15 is 0 Å². The van der Waals surface area contributed by atoms with Crippen LogP contribution in [-0.4, -0.2) is 60.1 Å². The molecule has 2 N–H and O–H groups in total. The summed E-state index contributed by atoms with van der Waals surface area (Å²) < 4.78 is 16.8. The summed E-state index contributed by atoms with van der Waals surface area (Å²) in [5.41, 5.74) is 3.08. The van der Waals surface area contributed by atoms with Gasteiger partial charge in [0.2, 0.25) is 0 Å². The highest BCUT2D eigenvalue weighted by Gasteiger charge is 2.42. The number of rotatable bonds is 9. The number of benzene rings is 2. The smallest absolute Gasteiger partial charge is 0.273 e. The SMILES string of the molecule is COCCN1C(=O)c2[nH]nc(-c3ccccc3O)c2[C@H]1c1ccc(OCC(C)C)c(OC)c1. The molecule has 33 heavy (non-hydrogen) atoms. The van der Waals surface area contributed by atoms with Crippen molar-refractivity contribution in [3.05, 3.63) is 59.3 Å². The maximum Gasteiger partial charge on any atom is 0.273 e. The van der Waals surface area contributed by atoms with Gasteiger partial charge in [0.25, 0.3) is 5.91 Å². The molecule has 1 aliphatic rings. The van der Waals surface area contributed by atoms with E-state index in [1.807, 2.05) is 24.3 Å². The number of amides is 1. The van der Waals surface area contributed by atoms with Crippen molar-refractivity contribution in [2.75, 3.05) is 34.0 Å². The Bertz CT molecular complexity index is 1140. The van der Waals surface area contributed by atoms with Gasteiger partial charge in [0.1, 0.15) is 17.1 Å². The van der Waals surface area contributed by atoms with Gasteiger partial charge in [-0.3, -0.25) is 9.89 Å². The number of aromatic nitrogens is 2. The van der Waals surface area contributed by atoms with Crippen LogP contribution >= 0.6 is 0 Å². The van der Waals surface area contributed by atoms with Gasteiger partial charge in [-0.25, -0.2) is 0 Å². The summed E-state index contributed by atoms with van der Waals surface area (Å²) >= 11 is 0. The Balaban J connectivity index is 1.82. The Morgan fingerprint density at radius 2 is 1.94 bits per heavy atom. The van der Waals surface area contributed by atoms with Crippen LogP contribution in [0.4, 0.5) is 0 Å². The molecule has 1 atom stereocenters. The first-order chi connectivity index (χ1) is 16.0. The molecule has 174 valence electrons. The quantitative estimate of drug-likeness (QED) is 0.510. The van der Waals surface area contributed by atoms with Crippen LogP contribution in [-0.2, 0) is 4.74 Å². The molecule has 3 aromatic rings. The van der Waals surface area contributed by atoms with Crippen molar-refractivity contribution >= 4 is 5.91 Å². The fraction of sp³-hybridized carbons (Fsp3) is 0.360. The molecule has 8 nitrogen and oxygen atoms in total. The molecule has 1 amide bonds. The summed E-state index contributed by atoms with van der Waals surface area (Å²) in [4.78, 5) is 15.0. The van der Waals surface area contributed by atoms with Crippen LogP contribution in [0.1, 0.15) is 41.5 Å². The number of hydrogen-bond donors (Lipinski definition) is 2. The number of H-pyrrole nitrogens is 1. The van der Waals surface area contributed by atoms with E-state index in [-0.39, 0.29) is 11.7 Å². The molecule has 0 radical (unpaired) electrons. The van der Waals surface area contributed by atoms with Crippen LogP contribution in [0.25, 0.3) is 11.3 Å². The number of methoxy groups -OCH3 is 2. The highest BCUT2D eigenvalue weighted by Crippen LogP contribution is 2.45. The van der Waals surface area contributed by atoms with E-state index in [1.165, 1.54) is 0 Å². The second kappa shape index (κ2) is 9.54. The van der Waals surface area contributed by atoms with E-state index < -0.39 is 6.04 Å². The lowest BCUT2D eigenvalue weighted by Gasteiger charge is -2.27. The number of nitrogens with zero attached hydrogens (tertiary/aromatic N) is 2. The number of phenols is 1. The van der Waals surface area contributed by atoms with Crippen LogP contribution in [0.2, 0.25) is 0 Å². The minimum atomic E-state index is -0.427. The summed E-state index contributed by atoms with van der Waals surface area (Å²) in [7, 11) is 3.20. The Morgan fingerprint density at radius 1 is 1.15 bits per heavy atom. The summed E-state index contributed by atoms with van der Waals surface area (Å²) in [5, 5.41) is 17.7. The average molecular weight is 452 g/mol. The molecule has 1 aromatic heterocycles. The van der Waals surface area contributed by atoms with Crippen LogP contribution in [0.15, 0.2) is 42.5 Å². The molecule has 8 heteroatoms. The molecule has 0 aliphatic carbocycles. The molecule has 0 saturated carbocycles. The van der Waals surface area contributed by atoms with E-state index in [0.717, 1.165) is 11.1 Å². The first-order valence-corrected chi connectivity index (χ1v) is 10.9. The normalized spacial score (nSPS) is 15.2. The molecule has 0 bridgehead atoms. The summed E-state index contributed by atoms with van der Waals surface area (Å²) in [5.74, 6) is 1.55. The van der Waals surface area contributed by atoms with Gasteiger partial charge < -0.3 is 24.2 Å². The van der Waals surface area contributed by atoms with E-state index in [2.05, 4.69) is 24.0 Å². The molecule has 2 heterocycles. The minimum absolute atomic E-state index is 0.100. The zero-order valence-corrected chi connectivity index (χ0v) is 19.3. The maximum atomic E-state index is 13.3. The second-order valence-corrected chi connectivity index (χ2v) is 8.39. The fourth-order valence-corrected chi connectivity index (χ4v) is 4.07. The van der Waals surface area contributed by atoms with E-state index in [1.54, 1.807) is 37.3 Å². The summed E-state index contributed by atoms with van der Waals surface area (Å²) in [6.45, 7) is 5.52. The van der Waals surface area contributed by atoms with Gasteiger partial charge in [0.05, 0.1) is 26.4 Å². The Kier molecular flexibility index (Phi) is 6.55. The highest BCUT2D eigenvalue weighted by molar-refractivity contribution is 6.00. The average Bonchev–Trinajstić information content (AvgIpc) is 3.35. The first kappa shape index (κ1) is 22.7. The predicted molar refractivity (Wildman–Crippen MR) is 124 cm³/mol. The van der Waals surface area contributed by atoms with E-state index in [9.17, 15) is 9.90 Å². The standard InChI is InChI=1S/C25H29N3O5/c1-15(2)14-33-19-10-9-16(13-20(19)32-4)24-21-22(17-7-5-6-8-18(17)29)26-27-23(21)25(30)28(24)11-12-31-3/h5-10,13,15,24,29H,11-12,14H2,1-4H3,(H,26,27)/t24-/m1/s1. The first-order valence-electron chi connectivity index (χ1n) is 10.9. The van der Waals surface area contributed by atoms with Crippen LogP contribution in [0.3, 0.4) is 0 Å². The van der Waals surface area contributed by atoms with Crippen molar-refractivity contribution < 1.29 is 24.1 Å². The Morgan fingerprint density at radius 3 is 2.64 bits per heavy atom. The molecule has 0 spiro atoms. The third-order valence-corrected chi connectivity index (χ3v) is 5.63. The van der Waals surface area contributed by atoms with Gasteiger partial charge in [-0.15, -0.1) is 0 Å². The van der Waals surface area contributed by atoms with Gasteiger partial charge in [-0.05, 0) is 35.7 Å². The molecule has 0 unspecified atom stereocenters. The number of nitrogens with one attached hydrogen (secondary N) is 1. The number of carbonyl (C=O) groups is 1. The topological polar surface area (TPSA) is 96.9 Å². The second-order valence-electron chi connectivity index (χ2n) is 8.39. The molecular formula is C25H29N3O5. The van der Waals surface area contributed by atoms with Gasteiger partial charge >= 0.3 is 0 Å². The number of fused-ring (bicyclic) bond motifs is 1. The van der Waals surface area contributed by atoms with Crippen molar-refractivity contribution in [1.29, 1.82) is 0 Å². The third kappa shape index (κ3) is 4.26. The van der Waals surface area contributed by atoms with Gasteiger partial charge in [0, 0.05) is 24.8 Å². The third-order valence-electron chi connectivity index (χ3n) is 5.63. The Labute approximate surface area is 193 Å². The number of phenolic OH excluding ortho intramolecular Hbond substituents is 1. The summed E-state index contributed by atoms with van der Waals surface area (Å²) in [6, 6.07) is 12.2. The number of ether oxygens (including phenoxy) is 3. The van der Waals surface area contributed by atoms with Crippen LogP contribution < -0.4 is 9.47 Å². The van der Waals surface area contributed by atoms with Crippen molar-refractivity contribution in [3.63, 3.8) is 0 Å². The summed E-state index contributed by atoms with van der Waals surface area (Å²) in [6.07, 6.45) is 0. The lowest BCUT2D eigenvalue weighted by Crippen LogP contribution is -2.32. The molecule has 1 aliphatic heterocycles. The molecule has 2 aromatic carbocycles. The zero-order valence-electron chi connectivity index (χ0n) is 19.3. The monoisotopic (exact) mass is 451 g/mol. The van der Waals surface area contributed by atoms with Crippen LogP contribution in [0, 0.1) is 5.92 Å². The van der Waals surface area contributed by atoms with Gasteiger partial charge in [-0.1, -0.05) is 32.0 Å². The molecule has 4 rings (SSSR count). The number of carbonyl (C=O) groups excluding carboxylic acids is 1. The lowest BCUT2D eigenvalue weighted by molar-refractivity contribution is 0.0677. The van der Waals surface area contributed by atoms with Crippen molar-refractivity contribution in [2.45, 2.75) is 19.9 Å². The van der Waals surface area contributed by atoms with Crippen molar-refractivity contribution in [1.82, 2.24) is 15.1 Å². The number of aromatic hydroxyl groups is 1. The van der Waals surface area contributed by atoms with E-state index in [0.29, 0.717) is 54.1 Å². The number of hydrogen-bond acceptors (Lipinski definition) is 6. The van der Waals surface area contributed by atoms with Crippen molar-refractivity contribution in [2.24, 2.45) is 5.92 Å². The maximum absolute atomic E-state index is 13.3. The number of para-hydroxylation sites is 1. The lowest BCUT2D eigenvalue weighted by atomic mass is 9.95. The molecule has 0 saturated heterocycles.